The minimum absolute atomic E-state index is 0.0267. The Kier molecular flexibility index (Phi) is 3.14. The number of nitrogens with one attached hydrogen (secondary N) is 1. The molecule has 1 fully saturated rings. The molecule has 1 saturated carbocycles. The number of fused-ring (bicyclic) bond motifs is 1. The van der Waals surface area contributed by atoms with E-state index in [4.69, 9.17) is 0 Å². The lowest BCUT2D eigenvalue weighted by atomic mass is 9.94. The van der Waals surface area contributed by atoms with Gasteiger partial charge in [-0.2, -0.15) is 0 Å². The van der Waals surface area contributed by atoms with E-state index in [1.807, 2.05) is 23.1 Å². The standard InChI is InChI=1S/C19H20N2O/c1-13-7-10-16-17(11-13)21(12-14-8-9-14)19(22)20-18(16)15-5-3-2-4-6-15/h2-7,10-11,14,18H,8-9,12H2,1H3,(H,20,22). The zero-order valence-corrected chi connectivity index (χ0v) is 12.8. The second-order valence-corrected chi connectivity index (χ2v) is 6.41. The SMILES string of the molecule is Cc1ccc2c(c1)N(CC1CC1)C(=O)NC2c1ccccc1. The third-order valence-corrected chi connectivity index (χ3v) is 4.57. The molecule has 1 heterocycles. The van der Waals surface area contributed by atoms with Crippen LogP contribution in [-0.4, -0.2) is 12.6 Å². The Bertz CT molecular complexity index is 707. The Morgan fingerprint density at radius 2 is 1.91 bits per heavy atom. The number of benzene rings is 2. The number of hydrogen-bond donors (Lipinski definition) is 1. The topological polar surface area (TPSA) is 32.3 Å². The van der Waals surface area contributed by atoms with E-state index in [1.165, 1.54) is 24.0 Å². The molecule has 22 heavy (non-hydrogen) atoms. The maximum Gasteiger partial charge on any atom is 0.322 e. The van der Waals surface area contributed by atoms with E-state index in [2.05, 4.69) is 42.6 Å². The van der Waals surface area contributed by atoms with Crippen LogP contribution < -0.4 is 10.2 Å². The normalized spacial score (nSPS) is 20.5. The Balaban J connectivity index is 1.78. The molecule has 2 aromatic rings. The summed E-state index contributed by atoms with van der Waals surface area (Å²) in [6.45, 7) is 2.92. The fraction of sp³-hybridized carbons (Fsp3) is 0.316. The molecule has 0 spiro atoms. The van der Waals surface area contributed by atoms with Gasteiger partial charge < -0.3 is 5.32 Å². The molecule has 3 nitrogen and oxygen atoms in total. The molecule has 112 valence electrons. The van der Waals surface area contributed by atoms with Crippen molar-refractivity contribution in [2.75, 3.05) is 11.4 Å². The molecule has 3 heteroatoms. The largest absolute Gasteiger partial charge is 0.327 e. The summed E-state index contributed by atoms with van der Waals surface area (Å²) < 4.78 is 0. The molecule has 2 aromatic carbocycles. The Morgan fingerprint density at radius 1 is 1.14 bits per heavy atom. The summed E-state index contributed by atoms with van der Waals surface area (Å²) in [5.41, 5.74) is 4.59. The number of anilines is 1. The summed E-state index contributed by atoms with van der Waals surface area (Å²) in [6.07, 6.45) is 2.49. The summed E-state index contributed by atoms with van der Waals surface area (Å²) in [7, 11) is 0. The van der Waals surface area contributed by atoms with E-state index in [0.717, 1.165) is 17.8 Å². The van der Waals surface area contributed by atoms with E-state index in [0.29, 0.717) is 5.92 Å². The molecule has 1 aliphatic carbocycles. The average molecular weight is 292 g/mol. The fourth-order valence-electron chi connectivity index (χ4n) is 3.17. The van der Waals surface area contributed by atoms with Crippen LogP contribution in [0.4, 0.5) is 10.5 Å². The van der Waals surface area contributed by atoms with Crippen molar-refractivity contribution in [3.05, 3.63) is 65.2 Å². The highest BCUT2D eigenvalue weighted by atomic mass is 16.2. The van der Waals surface area contributed by atoms with Crippen molar-refractivity contribution in [3.8, 4) is 0 Å². The van der Waals surface area contributed by atoms with Gasteiger partial charge in [-0.05, 0) is 42.9 Å². The predicted molar refractivity (Wildman–Crippen MR) is 88.1 cm³/mol. The van der Waals surface area contributed by atoms with Gasteiger partial charge in [0.25, 0.3) is 0 Å². The fourth-order valence-corrected chi connectivity index (χ4v) is 3.17. The van der Waals surface area contributed by atoms with E-state index >= 15 is 0 Å². The molecule has 1 unspecified atom stereocenters. The first-order valence-electron chi connectivity index (χ1n) is 7.96. The molecule has 4 rings (SSSR count). The molecule has 1 N–H and O–H groups in total. The van der Waals surface area contributed by atoms with Crippen LogP contribution in [0.25, 0.3) is 0 Å². The Morgan fingerprint density at radius 3 is 2.64 bits per heavy atom. The number of amides is 2. The Labute approximate surface area is 131 Å². The third-order valence-electron chi connectivity index (χ3n) is 4.57. The van der Waals surface area contributed by atoms with Crippen LogP contribution in [0.3, 0.4) is 0 Å². The number of nitrogens with zero attached hydrogens (tertiary/aromatic N) is 1. The first-order valence-corrected chi connectivity index (χ1v) is 7.96. The lowest BCUT2D eigenvalue weighted by molar-refractivity contribution is 0.242. The van der Waals surface area contributed by atoms with Gasteiger partial charge >= 0.3 is 6.03 Å². The molecule has 0 aromatic heterocycles. The molecule has 1 aliphatic heterocycles. The first kappa shape index (κ1) is 13.4. The van der Waals surface area contributed by atoms with E-state index < -0.39 is 0 Å². The van der Waals surface area contributed by atoms with Crippen LogP contribution >= 0.6 is 0 Å². The lowest BCUT2D eigenvalue weighted by Gasteiger charge is -2.35. The number of hydrogen-bond acceptors (Lipinski definition) is 1. The van der Waals surface area contributed by atoms with Crippen molar-refractivity contribution in [2.24, 2.45) is 5.92 Å². The highest BCUT2D eigenvalue weighted by Gasteiger charge is 2.35. The maximum atomic E-state index is 12.6. The van der Waals surface area contributed by atoms with Crippen molar-refractivity contribution in [2.45, 2.75) is 25.8 Å². The highest BCUT2D eigenvalue weighted by Crippen LogP contribution is 2.38. The predicted octanol–water partition coefficient (Wildman–Crippen LogP) is 4.02. The minimum atomic E-state index is -0.0558. The van der Waals surface area contributed by atoms with Crippen LogP contribution in [0.5, 0.6) is 0 Å². The number of carbonyl (C=O) groups excluding carboxylic acids is 1. The molecular formula is C19H20N2O. The first-order chi connectivity index (χ1) is 10.7. The van der Waals surface area contributed by atoms with Crippen LogP contribution in [0, 0.1) is 12.8 Å². The van der Waals surface area contributed by atoms with Gasteiger partial charge in [0.15, 0.2) is 0 Å². The summed E-state index contributed by atoms with van der Waals surface area (Å²) >= 11 is 0. The second-order valence-electron chi connectivity index (χ2n) is 6.41. The van der Waals surface area contributed by atoms with Gasteiger partial charge in [0.1, 0.15) is 0 Å². The van der Waals surface area contributed by atoms with Crippen LogP contribution in [0.2, 0.25) is 0 Å². The van der Waals surface area contributed by atoms with Crippen LogP contribution in [-0.2, 0) is 0 Å². The average Bonchev–Trinajstić information content (AvgIpc) is 3.35. The van der Waals surface area contributed by atoms with Gasteiger partial charge in [0, 0.05) is 12.1 Å². The van der Waals surface area contributed by atoms with Gasteiger partial charge in [-0.3, -0.25) is 4.90 Å². The van der Waals surface area contributed by atoms with Crippen molar-refractivity contribution < 1.29 is 4.79 Å². The monoisotopic (exact) mass is 292 g/mol. The van der Waals surface area contributed by atoms with E-state index in [-0.39, 0.29) is 12.1 Å². The zero-order valence-electron chi connectivity index (χ0n) is 12.8. The summed E-state index contributed by atoms with van der Waals surface area (Å²) in [6, 6.07) is 16.6. The molecule has 0 saturated heterocycles. The molecule has 0 radical (unpaired) electrons. The molecule has 2 amide bonds. The van der Waals surface area contributed by atoms with E-state index in [9.17, 15) is 4.79 Å². The summed E-state index contributed by atoms with van der Waals surface area (Å²) in [5, 5.41) is 3.18. The second kappa shape index (κ2) is 5.16. The summed E-state index contributed by atoms with van der Waals surface area (Å²) in [4.78, 5) is 14.6. The van der Waals surface area contributed by atoms with Gasteiger partial charge in [-0.25, -0.2) is 4.79 Å². The van der Waals surface area contributed by atoms with Gasteiger partial charge in [0.2, 0.25) is 0 Å². The van der Waals surface area contributed by atoms with Gasteiger partial charge in [-0.1, -0.05) is 42.5 Å². The molecular weight excluding hydrogens is 272 g/mol. The lowest BCUT2D eigenvalue weighted by Crippen LogP contribution is -2.47. The minimum Gasteiger partial charge on any atom is -0.327 e. The maximum absolute atomic E-state index is 12.6. The van der Waals surface area contributed by atoms with Crippen molar-refractivity contribution in [1.29, 1.82) is 0 Å². The smallest absolute Gasteiger partial charge is 0.322 e. The zero-order chi connectivity index (χ0) is 15.1. The van der Waals surface area contributed by atoms with Crippen molar-refractivity contribution in [1.82, 2.24) is 5.32 Å². The molecule has 2 aliphatic rings. The molecule has 1 atom stereocenters. The van der Waals surface area contributed by atoms with E-state index in [1.54, 1.807) is 0 Å². The third kappa shape index (κ3) is 2.37. The number of urea groups is 1. The quantitative estimate of drug-likeness (QED) is 0.910. The number of aryl methyl sites for hydroxylation is 1. The van der Waals surface area contributed by atoms with Crippen molar-refractivity contribution in [3.63, 3.8) is 0 Å². The van der Waals surface area contributed by atoms with Crippen LogP contribution in [0.15, 0.2) is 48.5 Å². The van der Waals surface area contributed by atoms with Crippen LogP contribution in [0.1, 0.15) is 35.6 Å². The van der Waals surface area contributed by atoms with Crippen molar-refractivity contribution >= 4 is 11.7 Å². The number of rotatable bonds is 3. The van der Waals surface area contributed by atoms with Gasteiger partial charge in [-0.15, -0.1) is 0 Å². The molecule has 0 bridgehead atoms. The highest BCUT2D eigenvalue weighted by molar-refractivity contribution is 5.96. The Hall–Kier alpha value is -2.29. The number of carbonyl (C=O) groups is 1. The van der Waals surface area contributed by atoms with Gasteiger partial charge in [0.05, 0.1) is 11.7 Å². The summed E-state index contributed by atoms with van der Waals surface area (Å²) in [5.74, 6) is 0.674.